The van der Waals surface area contributed by atoms with E-state index in [1.807, 2.05) is 0 Å². The summed E-state index contributed by atoms with van der Waals surface area (Å²) in [6.45, 7) is 4.75. The highest BCUT2D eigenvalue weighted by Crippen LogP contribution is 2.64. The van der Waals surface area contributed by atoms with Gasteiger partial charge in [0, 0.05) is 22.5 Å². The van der Waals surface area contributed by atoms with Gasteiger partial charge in [-0.05, 0) is 98.1 Å². The largest absolute Gasteiger partial charge is 0.311 e. The van der Waals surface area contributed by atoms with Gasteiger partial charge in [0.25, 0.3) is 0 Å². The predicted molar refractivity (Wildman–Crippen MR) is 196 cm³/mol. The molecular weight excluding hydrogens is 567 g/mol. The fourth-order valence-electron chi connectivity index (χ4n) is 8.41. The van der Waals surface area contributed by atoms with E-state index in [9.17, 15) is 0 Å². The lowest BCUT2D eigenvalue weighted by Crippen LogP contribution is -2.30. The van der Waals surface area contributed by atoms with Gasteiger partial charge in [0.05, 0.1) is 5.41 Å². The van der Waals surface area contributed by atoms with Crippen LogP contribution < -0.4 is 4.90 Å². The molecule has 0 heterocycles. The fourth-order valence-corrected chi connectivity index (χ4v) is 8.41. The van der Waals surface area contributed by atoms with Gasteiger partial charge in [-0.15, -0.1) is 0 Å². The van der Waals surface area contributed by atoms with Crippen molar-refractivity contribution < 1.29 is 0 Å². The molecule has 47 heavy (non-hydrogen) atoms. The second-order valence-corrected chi connectivity index (χ2v) is 13.3. The molecule has 7 aromatic carbocycles. The number of hydrogen-bond donors (Lipinski definition) is 0. The third-order valence-corrected chi connectivity index (χ3v) is 10.5. The normalized spacial score (nSPS) is 14.5. The average Bonchev–Trinajstić information content (AvgIpc) is 3.57. The van der Waals surface area contributed by atoms with Gasteiger partial charge in [0.15, 0.2) is 0 Å². The molecular formula is C46H35N. The second-order valence-electron chi connectivity index (χ2n) is 13.3. The number of para-hydroxylation sites is 2. The van der Waals surface area contributed by atoms with E-state index in [1.165, 1.54) is 55.6 Å². The van der Waals surface area contributed by atoms with Gasteiger partial charge in [0.2, 0.25) is 0 Å². The molecule has 9 rings (SSSR count). The van der Waals surface area contributed by atoms with Crippen LogP contribution in [-0.2, 0) is 10.8 Å². The Bertz CT molecular complexity index is 2150. The highest BCUT2D eigenvalue weighted by Gasteiger charge is 2.52. The summed E-state index contributed by atoms with van der Waals surface area (Å²) >= 11 is 0. The standard InChI is InChI=1S/C46H35N/c1-45(2)39-23-13-25-41-43(39)44-40(45)24-14-26-42(44)46(41,34-16-6-3-7-17-34)35-18-12-15-33(31-35)32-27-29-38(30-28-32)47(36-19-8-4-9-20-36)37-21-10-5-11-22-37/h3-31H,1-2H3. The van der Waals surface area contributed by atoms with Crippen molar-refractivity contribution in [1.29, 1.82) is 0 Å². The molecule has 0 radical (unpaired) electrons. The van der Waals surface area contributed by atoms with Crippen molar-refractivity contribution in [3.05, 3.63) is 209 Å². The first-order chi connectivity index (χ1) is 23.1. The third-order valence-electron chi connectivity index (χ3n) is 10.5. The van der Waals surface area contributed by atoms with Crippen LogP contribution in [-0.4, -0.2) is 0 Å². The molecule has 2 aliphatic carbocycles. The molecule has 2 aliphatic rings. The van der Waals surface area contributed by atoms with E-state index in [-0.39, 0.29) is 5.41 Å². The lowest BCUT2D eigenvalue weighted by molar-refractivity contribution is 0.652. The van der Waals surface area contributed by atoms with Crippen LogP contribution in [0.2, 0.25) is 0 Å². The third kappa shape index (κ3) is 3.96. The molecule has 0 bridgehead atoms. The van der Waals surface area contributed by atoms with Crippen molar-refractivity contribution in [2.75, 3.05) is 4.90 Å². The quantitative estimate of drug-likeness (QED) is 0.183. The second kappa shape index (κ2) is 10.4. The first-order valence-corrected chi connectivity index (χ1v) is 16.5. The Kier molecular flexibility index (Phi) is 6.14. The average molecular weight is 602 g/mol. The van der Waals surface area contributed by atoms with Gasteiger partial charge in [-0.3, -0.25) is 0 Å². The van der Waals surface area contributed by atoms with Crippen molar-refractivity contribution >= 4 is 17.1 Å². The summed E-state index contributed by atoms with van der Waals surface area (Å²) in [6.07, 6.45) is 0. The summed E-state index contributed by atoms with van der Waals surface area (Å²) in [5, 5.41) is 0. The van der Waals surface area contributed by atoms with E-state index in [0.29, 0.717) is 0 Å². The molecule has 0 aromatic heterocycles. The maximum Gasteiger partial charge on any atom is 0.0713 e. The highest BCUT2D eigenvalue weighted by molar-refractivity contribution is 5.95. The van der Waals surface area contributed by atoms with Crippen molar-refractivity contribution in [3.63, 3.8) is 0 Å². The van der Waals surface area contributed by atoms with Crippen LogP contribution in [0.3, 0.4) is 0 Å². The number of anilines is 3. The van der Waals surface area contributed by atoms with E-state index in [1.54, 1.807) is 0 Å². The lowest BCUT2D eigenvalue weighted by Gasteiger charge is -2.36. The topological polar surface area (TPSA) is 3.24 Å². The van der Waals surface area contributed by atoms with Crippen LogP contribution in [0.15, 0.2) is 176 Å². The van der Waals surface area contributed by atoms with E-state index >= 15 is 0 Å². The molecule has 0 spiro atoms. The van der Waals surface area contributed by atoms with Crippen LogP contribution >= 0.6 is 0 Å². The number of hydrogen-bond acceptors (Lipinski definition) is 1. The zero-order valence-corrected chi connectivity index (χ0v) is 26.7. The number of benzene rings is 7. The molecule has 0 N–H and O–H groups in total. The fraction of sp³-hybridized carbons (Fsp3) is 0.0870. The van der Waals surface area contributed by atoms with Gasteiger partial charge >= 0.3 is 0 Å². The van der Waals surface area contributed by atoms with Gasteiger partial charge in [-0.25, -0.2) is 0 Å². The van der Waals surface area contributed by atoms with Crippen molar-refractivity contribution in [2.45, 2.75) is 24.7 Å². The van der Waals surface area contributed by atoms with E-state index in [2.05, 4.69) is 195 Å². The van der Waals surface area contributed by atoms with Gasteiger partial charge in [-0.2, -0.15) is 0 Å². The minimum absolute atomic E-state index is 0.0173. The summed E-state index contributed by atoms with van der Waals surface area (Å²) in [5.41, 5.74) is 16.5. The zero-order chi connectivity index (χ0) is 31.6. The Hall–Kier alpha value is -5.66. The molecule has 0 unspecified atom stereocenters. The van der Waals surface area contributed by atoms with Gasteiger partial charge in [-0.1, -0.05) is 147 Å². The molecule has 7 aromatic rings. The zero-order valence-electron chi connectivity index (χ0n) is 26.7. The molecule has 0 saturated carbocycles. The smallest absolute Gasteiger partial charge is 0.0713 e. The van der Waals surface area contributed by atoms with Gasteiger partial charge < -0.3 is 4.90 Å². The Labute approximate surface area is 277 Å². The van der Waals surface area contributed by atoms with Crippen molar-refractivity contribution in [1.82, 2.24) is 0 Å². The molecule has 224 valence electrons. The predicted octanol–water partition coefficient (Wildman–Crippen LogP) is 11.8. The number of rotatable bonds is 6. The Balaban J connectivity index is 1.20. The van der Waals surface area contributed by atoms with Crippen LogP contribution in [0.1, 0.15) is 47.2 Å². The van der Waals surface area contributed by atoms with E-state index < -0.39 is 5.41 Å². The highest BCUT2D eigenvalue weighted by atomic mass is 15.1. The minimum Gasteiger partial charge on any atom is -0.311 e. The molecule has 0 aliphatic heterocycles. The Morgan fingerprint density at radius 1 is 0.362 bits per heavy atom. The SMILES string of the molecule is CC1(C)c2cccc3c2-c2c1cccc2C3(c1ccccc1)c1cccc(-c2ccc(N(c3ccccc3)c3ccccc3)cc2)c1. The van der Waals surface area contributed by atoms with E-state index in [4.69, 9.17) is 0 Å². The maximum atomic E-state index is 2.43. The maximum absolute atomic E-state index is 2.43. The van der Waals surface area contributed by atoms with Crippen LogP contribution in [0.5, 0.6) is 0 Å². The monoisotopic (exact) mass is 601 g/mol. The van der Waals surface area contributed by atoms with Crippen LogP contribution in [0.25, 0.3) is 22.3 Å². The lowest BCUT2D eigenvalue weighted by atomic mass is 9.65. The summed E-state index contributed by atoms with van der Waals surface area (Å²) in [5.74, 6) is 0. The van der Waals surface area contributed by atoms with Crippen molar-refractivity contribution in [2.24, 2.45) is 0 Å². The Morgan fingerprint density at radius 2 is 0.809 bits per heavy atom. The molecule has 0 amide bonds. The molecule has 0 fully saturated rings. The minimum atomic E-state index is -0.401. The molecule has 1 heteroatoms. The Morgan fingerprint density at radius 3 is 1.36 bits per heavy atom. The van der Waals surface area contributed by atoms with E-state index in [0.717, 1.165) is 17.1 Å². The first-order valence-electron chi connectivity index (χ1n) is 16.5. The molecule has 0 saturated heterocycles. The summed E-state index contributed by atoms with van der Waals surface area (Å²) in [7, 11) is 0. The number of nitrogens with zero attached hydrogens (tertiary/aromatic N) is 1. The molecule has 0 atom stereocenters. The van der Waals surface area contributed by atoms with Crippen molar-refractivity contribution in [3.8, 4) is 22.3 Å². The summed E-state index contributed by atoms with van der Waals surface area (Å²) < 4.78 is 0. The van der Waals surface area contributed by atoms with Gasteiger partial charge in [0.1, 0.15) is 0 Å². The summed E-state index contributed by atoms with van der Waals surface area (Å²) in [4.78, 5) is 2.31. The van der Waals surface area contributed by atoms with Crippen LogP contribution in [0.4, 0.5) is 17.1 Å². The first kappa shape index (κ1) is 27.6. The molecule has 1 nitrogen and oxygen atoms in total. The summed E-state index contributed by atoms with van der Waals surface area (Å²) in [6, 6.07) is 64.6. The van der Waals surface area contributed by atoms with Crippen LogP contribution in [0, 0.1) is 0 Å².